The van der Waals surface area contributed by atoms with Crippen LogP contribution in [0.5, 0.6) is 0 Å². The van der Waals surface area contributed by atoms with E-state index in [0.29, 0.717) is 22.6 Å². The molecule has 0 radical (unpaired) electrons. The molecule has 1 aromatic carbocycles. The van der Waals surface area contributed by atoms with Crippen LogP contribution >= 0.6 is 7.60 Å². The fourth-order valence-electron chi connectivity index (χ4n) is 2.49. The summed E-state index contributed by atoms with van der Waals surface area (Å²) in [5, 5.41) is 17.2. The zero-order valence-electron chi connectivity index (χ0n) is 13.3. The van der Waals surface area contributed by atoms with E-state index in [1.54, 1.807) is 42.6 Å². The normalized spacial score (nSPS) is 11.9. The molecule has 0 saturated carbocycles. The molecule has 0 atom stereocenters. The number of fused-ring (bicyclic) bond motifs is 3. The average molecular weight is 345 g/mol. The molecule has 0 aliphatic carbocycles. The summed E-state index contributed by atoms with van der Waals surface area (Å²) in [7, 11) is -3.30. The van der Waals surface area contributed by atoms with Gasteiger partial charge >= 0.3 is 7.60 Å². The number of nitriles is 1. The molecule has 0 bridgehead atoms. The monoisotopic (exact) mass is 345 g/mol. The van der Waals surface area contributed by atoms with Gasteiger partial charge in [0.15, 0.2) is 5.65 Å². The third-order valence-electron chi connectivity index (χ3n) is 3.41. The Labute approximate surface area is 138 Å². The molecule has 124 valence electrons. The van der Waals surface area contributed by atoms with Crippen LogP contribution in [0, 0.1) is 11.3 Å². The SMILES string of the molecule is CCOP(=O)(Cc1nnc2cnc3cc(C#N)ccc3n12)OCC. The van der Waals surface area contributed by atoms with E-state index in [9.17, 15) is 4.57 Å². The van der Waals surface area contributed by atoms with Gasteiger partial charge in [-0.25, -0.2) is 0 Å². The number of hydrogen-bond acceptors (Lipinski definition) is 7. The first-order valence-electron chi connectivity index (χ1n) is 7.51. The van der Waals surface area contributed by atoms with Gasteiger partial charge in [-0.05, 0) is 32.0 Å². The first-order valence-corrected chi connectivity index (χ1v) is 9.24. The second-order valence-corrected chi connectivity index (χ2v) is 7.04. The lowest BCUT2D eigenvalue weighted by molar-refractivity contribution is 0.218. The zero-order chi connectivity index (χ0) is 17.2. The molecule has 3 rings (SSSR count). The van der Waals surface area contributed by atoms with E-state index >= 15 is 0 Å². The first kappa shape index (κ1) is 16.5. The van der Waals surface area contributed by atoms with Crippen LogP contribution in [-0.4, -0.2) is 32.8 Å². The number of hydrogen-bond donors (Lipinski definition) is 0. The van der Waals surface area contributed by atoms with Crippen molar-refractivity contribution in [2.45, 2.75) is 20.0 Å². The van der Waals surface area contributed by atoms with Crippen LogP contribution in [-0.2, 0) is 19.8 Å². The Kier molecular flexibility index (Phi) is 4.58. The highest BCUT2D eigenvalue weighted by molar-refractivity contribution is 7.53. The molecule has 3 aromatic rings. The van der Waals surface area contributed by atoms with E-state index in [0.717, 1.165) is 5.52 Å². The van der Waals surface area contributed by atoms with Crippen LogP contribution < -0.4 is 0 Å². The lowest BCUT2D eigenvalue weighted by Crippen LogP contribution is -2.03. The summed E-state index contributed by atoms with van der Waals surface area (Å²) in [4.78, 5) is 4.29. The molecule has 2 heterocycles. The van der Waals surface area contributed by atoms with Crippen LogP contribution in [0.25, 0.3) is 16.7 Å². The molecular weight excluding hydrogens is 329 g/mol. The van der Waals surface area contributed by atoms with Crippen molar-refractivity contribution in [1.82, 2.24) is 19.6 Å². The Bertz CT molecular complexity index is 968. The molecule has 0 N–H and O–H groups in total. The smallest absolute Gasteiger partial charge is 0.309 e. The van der Waals surface area contributed by atoms with Gasteiger partial charge < -0.3 is 9.05 Å². The van der Waals surface area contributed by atoms with E-state index in [4.69, 9.17) is 14.3 Å². The van der Waals surface area contributed by atoms with Crippen molar-refractivity contribution in [2.75, 3.05) is 13.2 Å². The molecule has 0 fully saturated rings. The fourth-order valence-corrected chi connectivity index (χ4v) is 4.08. The Morgan fingerprint density at radius 2 is 2.00 bits per heavy atom. The standard InChI is InChI=1S/C15H16N5O3P/c1-3-22-24(21,23-4-2)10-15-19-18-14-9-17-12-7-11(8-16)5-6-13(12)20(14)15/h5-7,9H,3-4,10H2,1-2H3. The molecule has 0 unspecified atom stereocenters. The first-order chi connectivity index (χ1) is 11.6. The van der Waals surface area contributed by atoms with Gasteiger partial charge in [0.05, 0.1) is 42.1 Å². The highest BCUT2D eigenvalue weighted by Gasteiger charge is 2.27. The van der Waals surface area contributed by atoms with Gasteiger partial charge in [-0.1, -0.05) is 0 Å². The topological polar surface area (TPSA) is 102 Å². The summed E-state index contributed by atoms with van der Waals surface area (Å²) < 4.78 is 25.2. The van der Waals surface area contributed by atoms with Gasteiger partial charge in [-0.15, -0.1) is 10.2 Å². The summed E-state index contributed by atoms with van der Waals surface area (Å²) >= 11 is 0. The number of aromatic nitrogens is 4. The molecule has 0 aliphatic heterocycles. The summed E-state index contributed by atoms with van der Waals surface area (Å²) in [6, 6.07) is 7.23. The lowest BCUT2D eigenvalue weighted by atomic mass is 10.2. The lowest BCUT2D eigenvalue weighted by Gasteiger charge is -2.16. The maximum absolute atomic E-state index is 12.8. The second-order valence-electron chi connectivity index (χ2n) is 4.99. The summed E-state index contributed by atoms with van der Waals surface area (Å²) in [6.45, 7) is 4.08. The van der Waals surface area contributed by atoms with Gasteiger partial charge in [0.2, 0.25) is 0 Å². The van der Waals surface area contributed by atoms with Gasteiger partial charge in [0, 0.05) is 0 Å². The van der Waals surface area contributed by atoms with Crippen molar-refractivity contribution in [3.8, 4) is 6.07 Å². The van der Waals surface area contributed by atoms with E-state index in [1.807, 2.05) is 0 Å². The van der Waals surface area contributed by atoms with Crippen LogP contribution in [0.1, 0.15) is 25.2 Å². The van der Waals surface area contributed by atoms with Crippen molar-refractivity contribution in [1.29, 1.82) is 5.26 Å². The van der Waals surface area contributed by atoms with Crippen molar-refractivity contribution < 1.29 is 13.6 Å². The summed E-state index contributed by atoms with van der Waals surface area (Å²) in [6.07, 6.45) is 1.57. The molecule has 0 saturated heterocycles. The predicted molar refractivity (Wildman–Crippen MR) is 87.6 cm³/mol. The minimum Gasteiger partial charge on any atom is -0.309 e. The minimum atomic E-state index is -3.30. The van der Waals surface area contributed by atoms with Crippen molar-refractivity contribution in [2.24, 2.45) is 0 Å². The predicted octanol–water partition coefficient (Wildman–Crippen LogP) is 2.92. The Balaban J connectivity index is 2.13. The minimum absolute atomic E-state index is 0.00889. The summed E-state index contributed by atoms with van der Waals surface area (Å²) in [5.74, 6) is 0.465. The van der Waals surface area contributed by atoms with Crippen LogP contribution in [0.15, 0.2) is 24.4 Å². The quantitative estimate of drug-likeness (QED) is 0.633. The molecule has 8 nitrogen and oxygen atoms in total. The number of rotatable bonds is 6. The molecule has 0 amide bonds. The molecule has 0 aliphatic rings. The van der Waals surface area contributed by atoms with Crippen molar-refractivity contribution in [3.63, 3.8) is 0 Å². The van der Waals surface area contributed by atoms with Gasteiger partial charge in [0.25, 0.3) is 0 Å². The van der Waals surface area contributed by atoms with E-state index in [2.05, 4.69) is 21.3 Å². The number of benzene rings is 1. The maximum atomic E-state index is 12.8. The van der Waals surface area contributed by atoms with E-state index < -0.39 is 7.60 Å². The Morgan fingerprint density at radius 1 is 1.25 bits per heavy atom. The van der Waals surface area contributed by atoms with Gasteiger partial charge in [0.1, 0.15) is 12.0 Å². The maximum Gasteiger partial charge on any atom is 0.338 e. The van der Waals surface area contributed by atoms with Crippen molar-refractivity contribution in [3.05, 3.63) is 35.8 Å². The number of nitrogens with zero attached hydrogens (tertiary/aromatic N) is 5. The van der Waals surface area contributed by atoms with Crippen LogP contribution in [0.4, 0.5) is 0 Å². The average Bonchev–Trinajstić information content (AvgIpc) is 2.97. The molecule has 9 heteroatoms. The second kappa shape index (κ2) is 6.65. The van der Waals surface area contributed by atoms with E-state index in [1.165, 1.54) is 0 Å². The van der Waals surface area contributed by atoms with Gasteiger partial charge in [-0.2, -0.15) is 5.26 Å². The highest BCUT2D eigenvalue weighted by atomic mass is 31.2. The summed E-state index contributed by atoms with van der Waals surface area (Å²) in [5.41, 5.74) is 2.40. The fraction of sp³-hybridized carbons (Fsp3) is 0.333. The van der Waals surface area contributed by atoms with Crippen LogP contribution in [0.2, 0.25) is 0 Å². The Hall–Kier alpha value is -2.33. The zero-order valence-corrected chi connectivity index (χ0v) is 14.2. The van der Waals surface area contributed by atoms with Crippen molar-refractivity contribution >= 4 is 24.3 Å². The third kappa shape index (κ3) is 3.02. The molecule has 24 heavy (non-hydrogen) atoms. The largest absolute Gasteiger partial charge is 0.338 e. The molecular formula is C15H16N5O3P. The highest BCUT2D eigenvalue weighted by Crippen LogP contribution is 2.51. The Morgan fingerprint density at radius 3 is 2.67 bits per heavy atom. The molecule has 0 spiro atoms. The van der Waals surface area contributed by atoms with Gasteiger partial charge in [-0.3, -0.25) is 13.9 Å². The molecule has 2 aromatic heterocycles. The third-order valence-corrected chi connectivity index (χ3v) is 5.38. The van der Waals surface area contributed by atoms with Crippen LogP contribution in [0.3, 0.4) is 0 Å². The van der Waals surface area contributed by atoms with E-state index in [-0.39, 0.29) is 19.4 Å².